The minimum absolute atomic E-state index is 0.0761. The third kappa shape index (κ3) is 2.45. The summed E-state index contributed by atoms with van der Waals surface area (Å²) in [5.74, 6) is -0.0437. The molecule has 1 aliphatic heterocycles. The van der Waals surface area contributed by atoms with Crippen molar-refractivity contribution in [2.45, 2.75) is 24.9 Å². The third-order valence-corrected chi connectivity index (χ3v) is 5.19. The van der Waals surface area contributed by atoms with Crippen molar-refractivity contribution in [2.75, 3.05) is 12.3 Å². The van der Waals surface area contributed by atoms with Crippen molar-refractivity contribution in [3.8, 4) is 0 Å². The van der Waals surface area contributed by atoms with Gasteiger partial charge in [-0.2, -0.15) is 0 Å². The normalized spacial score (nSPS) is 14.9. The van der Waals surface area contributed by atoms with Gasteiger partial charge in [0.05, 0.1) is 11.3 Å². The first-order valence-electron chi connectivity index (χ1n) is 7.84. The second-order valence-corrected chi connectivity index (χ2v) is 6.79. The molecule has 1 aliphatic rings. The van der Waals surface area contributed by atoms with Gasteiger partial charge in [0.15, 0.2) is 10.8 Å². The van der Waals surface area contributed by atoms with Crippen molar-refractivity contribution < 1.29 is 9.59 Å². The minimum atomic E-state index is -0.157. The van der Waals surface area contributed by atoms with Gasteiger partial charge in [-0.1, -0.05) is 30.0 Å². The van der Waals surface area contributed by atoms with E-state index in [9.17, 15) is 9.59 Å². The molecule has 3 aromatic rings. The summed E-state index contributed by atoms with van der Waals surface area (Å²) in [6.07, 6.45) is 1.22. The first-order valence-corrected chi connectivity index (χ1v) is 8.83. The quantitative estimate of drug-likeness (QED) is 0.685. The number of carbonyl (C=O) groups excluding carboxylic acids is 2. The molecule has 6 nitrogen and oxygen atoms in total. The van der Waals surface area contributed by atoms with E-state index >= 15 is 0 Å². The van der Waals surface area contributed by atoms with E-state index in [0.717, 1.165) is 28.5 Å². The Morgan fingerprint density at radius 3 is 2.92 bits per heavy atom. The van der Waals surface area contributed by atoms with Gasteiger partial charge in [0.1, 0.15) is 0 Å². The van der Waals surface area contributed by atoms with Crippen LogP contribution in [0.15, 0.2) is 35.5 Å². The predicted molar refractivity (Wildman–Crippen MR) is 91.9 cm³/mol. The van der Waals surface area contributed by atoms with Gasteiger partial charge in [-0.3, -0.25) is 18.9 Å². The minimum Gasteiger partial charge on any atom is -0.282 e. The van der Waals surface area contributed by atoms with Gasteiger partial charge >= 0.3 is 0 Å². The van der Waals surface area contributed by atoms with Crippen molar-refractivity contribution in [3.05, 3.63) is 35.9 Å². The molecule has 122 valence electrons. The topological polar surface area (TPSA) is 67.6 Å². The van der Waals surface area contributed by atoms with Gasteiger partial charge in [0.2, 0.25) is 11.8 Å². The number of hydrogen-bond acceptors (Lipinski definition) is 5. The van der Waals surface area contributed by atoms with Gasteiger partial charge in [-0.05, 0) is 31.0 Å². The molecule has 0 spiro atoms. The number of benzene rings is 1. The third-order valence-electron chi connectivity index (χ3n) is 4.27. The summed E-state index contributed by atoms with van der Waals surface area (Å²) in [6, 6.07) is 10.1. The SMILES string of the molecule is Cc1cc2nnc(SCC(=O)N3CCCC3=O)n2c2ccccc12. The monoisotopic (exact) mass is 340 g/mol. The maximum absolute atomic E-state index is 12.2. The average molecular weight is 340 g/mol. The van der Waals surface area contributed by atoms with E-state index in [1.54, 1.807) is 0 Å². The van der Waals surface area contributed by atoms with Crippen LogP contribution in [0.1, 0.15) is 18.4 Å². The Kier molecular flexibility index (Phi) is 3.72. The van der Waals surface area contributed by atoms with E-state index in [4.69, 9.17) is 0 Å². The zero-order chi connectivity index (χ0) is 16.7. The number of likely N-dealkylation sites (tertiary alicyclic amines) is 1. The fraction of sp³-hybridized carbons (Fsp3) is 0.294. The second kappa shape index (κ2) is 5.90. The van der Waals surface area contributed by atoms with Crippen molar-refractivity contribution in [2.24, 2.45) is 0 Å². The zero-order valence-electron chi connectivity index (χ0n) is 13.2. The fourth-order valence-corrected chi connectivity index (χ4v) is 3.91. The molecular weight excluding hydrogens is 324 g/mol. The molecule has 2 amide bonds. The Bertz CT molecular complexity index is 966. The van der Waals surface area contributed by atoms with Crippen LogP contribution in [0.25, 0.3) is 16.6 Å². The van der Waals surface area contributed by atoms with E-state index in [2.05, 4.69) is 16.3 Å². The number of rotatable bonds is 3. The van der Waals surface area contributed by atoms with Gasteiger partial charge in [-0.15, -0.1) is 10.2 Å². The van der Waals surface area contributed by atoms with Gasteiger partial charge in [-0.25, -0.2) is 0 Å². The van der Waals surface area contributed by atoms with E-state index < -0.39 is 0 Å². The Hall–Kier alpha value is -2.41. The molecule has 3 heterocycles. The Labute approximate surface area is 142 Å². The number of fused-ring (bicyclic) bond motifs is 3. The maximum Gasteiger partial charge on any atom is 0.239 e. The van der Waals surface area contributed by atoms with E-state index in [1.165, 1.54) is 16.7 Å². The van der Waals surface area contributed by atoms with Crippen molar-refractivity contribution >= 4 is 40.1 Å². The van der Waals surface area contributed by atoms with Gasteiger partial charge in [0, 0.05) is 18.4 Å². The molecule has 0 unspecified atom stereocenters. The number of amides is 2. The van der Waals surface area contributed by atoms with E-state index in [-0.39, 0.29) is 17.6 Å². The molecule has 0 aliphatic carbocycles. The van der Waals surface area contributed by atoms with E-state index in [0.29, 0.717) is 18.1 Å². The summed E-state index contributed by atoms with van der Waals surface area (Å²) in [5, 5.41) is 10.2. The van der Waals surface area contributed by atoms with Crippen LogP contribution in [-0.2, 0) is 9.59 Å². The Morgan fingerprint density at radius 2 is 2.12 bits per heavy atom. The molecule has 4 rings (SSSR count). The lowest BCUT2D eigenvalue weighted by Crippen LogP contribution is -2.33. The lowest BCUT2D eigenvalue weighted by molar-refractivity contribution is -0.140. The van der Waals surface area contributed by atoms with Crippen LogP contribution < -0.4 is 0 Å². The van der Waals surface area contributed by atoms with Gasteiger partial charge < -0.3 is 0 Å². The number of para-hydroxylation sites is 1. The Balaban J connectivity index is 1.66. The number of aryl methyl sites for hydroxylation is 1. The number of pyridine rings is 1. The number of carbonyl (C=O) groups is 2. The number of aromatic nitrogens is 3. The summed E-state index contributed by atoms with van der Waals surface area (Å²) in [7, 11) is 0. The summed E-state index contributed by atoms with van der Waals surface area (Å²) >= 11 is 1.32. The number of imide groups is 1. The average Bonchev–Trinajstić information content (AvgIpc) is 3.19. The van der Waals surface area contributed by atoms with Crippen LogP contribution in [0, 0.1) is 6.92 Å². The summed E-state index contributed by atoms with van der Waals surface area (Å²) in [5.41, 5.74) is 2.92. The van der Waals surface area contributed by atoms with Crippen LogP contribution >= 0.6 is 11.8 Å². The summed E-state index contributed by atoms with van der Waals surface area (Å²) in [6.45, 7) is 2.58. The van der Waals surface area contributed by atoms with E-state index in [1.807, 2.05) is 35.6 Å². The highest BCUT2D eigenvalue weighted by molar-refractivity contribution is 7.99. The highest BCUT2D eigenvalue weighted by atomic mass is 32.2. The molecule has 1 saturated heterocycles. The summed E-state index contributed by atoms with van der Waals surface area (Å²) in [4.78, 5) is 25.2. The van der Waals surface area contributed by atoms with Crippen molar-refractivity contribution in [1.82, 2.24) is 19.5 Å². The van der Waals surface area contributed by atoms with Gasteiger partial charge in [0.25, 0.3) is 0 Å². The zero-order valence-corrected chi connectivity index (χ0v) is 14.0. The Morgan fingerprint density at radius 1 is 1.29 bits per heavy atom. The molecule has 2 aromatic heterocycles. The number of nitrogens with zero attached hydrogens (tertiary/aromatic N) is 4. The highest BCUT2D eigenvalue weighted by Gasteiger charge is 2.26. The molecule has 7 heteroatoms. The molecule has 0 atom stereocenters. The van der Waals surface area contributed by atoms with Crippen LogP contribution in [0.2, 0.25) is 0 Å². The first kappa shape index (κ1) is 15.1. The van der Waals surface area contributed by atoms with Crippen LogP contribution in [0.4, 0.5) is 0 Å². The molecule has 24 heavy (non-hydrogen) atoms. The molecular formula is C17H16N4O2S. The van der Waals surface area contributed by atoms with Crippen molar-refractivity contribution in [3.63, 3.8) is 0 Å². The smallest absolute Gasteiger partial charge is 0.239 e. The second-order valence-electron chi connectivity index (χ2n) is 5.85. The lowest BCUT2D eigenvalue weighted by atomic mass is 10.1. The molecule has 1 fully saturated rings. The lowest BCUT2D eigenvalue weighted by Gasteiger charge is -2.12. The number of hydrogen-bond donors (Lipinski definition) is 0. The van der Waals surface area contributed by atoms with Crippen LogP contribution in [-0.4, -0.2) is 43.6 Å². The molecule has 1 aromatic carbocycles. The maximum atomic E-state index is 12.2. The summed E-state index contributed by atoms with van der Waals surface area (Å²) < 4.78 is 1.96. The van der Waals surface area contributed by atoms with Crippen LogP contribution in [0.3, 0.4) is 0 Å². The molecule has 0 bridgehead atoms. The first-order chi connectivity index (χ1) is 11.6. The molecule has 0 N–H and O–H groups in total. The highest BCUT2D eigenvalue weighted by Crippen LogP contribution is 2.26. The predicted octanol–water partition coefficient (Wildman–Crippen LogP) is 2.43. The van der Waals surface area contributed by atoms with Crippen LogP contribution in [0.5, 0.6) is 0 Å². The molecule has 0 saturated carbocycles. The molecule has 0 radical (unpaired) electrons. The number of thioether (sulfide) groups is 1. The largest absolute Gasteiger partial charge is 0.282 e. The van der Waals surface area contributed by atoms with Crippen molar-refractivity contribution in [1.29, 1.82) is 0 Å². The standard InChI is InChI=1S/C17H16N4O2S/c1-11-9-14-18-19-17(21(14)13-6-3-2-5-12(11)13)24-10-16(23)20-8-4-7-15(20)22/h2-3,5-6,9H,4,7-8,10H2,1H3. The fourth-order valence-electron chi connectivity index (χ4n) is 3.08.